The molecule has 1 amide bonds. The number of aromatic nitrogens is 5. The summed E-state index contributed by atoms with van der Waals surface area (Å²) in [5, 5.41) is 10.5. The molecule has 4 aromatic heterocycles. The van der Waals surface area contributed by atoms with Crippen LogP contribution < -0.4 is 5.32 Å². The predicted octanol–water partition coefficient (Wildman–Crippen LogP) is 3.24. The normalized spacial score (nSPS) is 10.9. The molecule has 0 fully saturated rings. The summed E-state index contributed by atoms with van der Waals surface area (Å²) in [6.45, 7) is 3.72. The Labute approximate surface area is 154 Å². The lowest BCUT2D eigenvalue weighted by Gasteiger charge is -2.07. The largest absolute Gasteiger partial charge is 0.453 e. The second-order valence-corrected chi connectivity index (χ2v) is 5.92. The number of rotatable bonds is 3. The van der Waals surface area contributed by atoms with Crippen molar-refractivity contribution < 1.29 is 13.9 Å². The van der Waals surface area contributed by atoms with Gasteiger partial charge in [0.25, 0.3) is 0 Å². The van der Waals surface area contributed by atoms with Gasteiger partial charge < -0.3 is 9.15 Å². The zero-order chi connectivity index (χ0) is 19.0. The van der Waals surface area contributed by atoms with Gasteiger partial charge in [0.2, 0.25) is 11.8 Å². The van der Waals surface area contributed by atoms with Crippen molar-refractivity contribution in [3.63, 3.8) is 0 Å². The standard InChI is InChI=1S/C18H16N6O3/c1-10-6-13(17-23-22-11(2)27-17)9-24-14(8-20-16(10)24)12-4-5-15(19-7-12)21-18(25)26-3/h4-9H,1-3H3,(H,19,21,25). The second-order valence-electron chi connectivity index (χ2n) is 5.92. The van der Waals surface area contributed by atoms with Crippen molar-refractivity contribution in [2.75, 3.05) is 12.4 Å². The molecule has 9 nitrogen and oxygen atoms in total. The zero-order valence-corrected chi connectivity index (χ0v) is 14.9. The number of carbonyl (C=O) groups excluding carboxylic acids is 1. The molecule has 0 aliphatic rings. The van der Waals surface area contributed by atoms with E-state index in [0.29, 0.717) is 17.6 Å². The summed E-state index contributed by atoms with van der Waals surface area (Å²) in [5.74, 6) is 1.36. The topological polar surface area (TPSA) is 107 Å². The maximum Gasteiger partial charge on any atom is 0.412 e. The van der Waals surface area contributed by atoms with Crippen molar-refractivity contribution in [3.05, 3.63) is 48.2 Å². The van der Waals surface area contributed by atoms with Crippen molar-refractivity contribution in [2.24, 2.45) is 0 Å². The number of carbonyl (C=O) groups is 1. The molecule has 27 heavy (non-hydrogen) atoms. The molecule has 0 aromatic carbocycles. The van der Waals surface area contributed by atoms with Gasteiger partial charge >= 0.3 is 6.09 Å². The van der Waals surface area contributed by atoms with Crippen LogP contribution in [0.25, 0.3) is 28.4 Å². The lowest BCUT2D eigenvalue weighted by Crippen LogP contribution is -2.11. The van der Waals surface area contributed by atoms with Crippen molar-refractivity contribution in [3.8, 4) is 22.7 Å². The van der Waals surface area contributed by atoms with E-state index in [-0.39, 0.29) is 0 Å². The summed E-state index contributed by atoms with van der Waals surface area (Å²) in [7, 11) is 1.30. The van der Waals surface area contributed by atoms with E-state index in [0.717, 1.165) is 28.0 Å². The van der Waals surface area contributed by atoms with E-state index in [1.807, 2.05) is 29.7 Å². The van der Waals surface area contributed by atoms with Gasteiger partial charge in [0.15, 0.2) is 0 Å². The highest BCUT2D eigenvalue weighted by atomic mass is 16.5. The first-order valence-corrected chi connectivity index (χ1v) is 8.15. The van der Waals surface area contributed by atoms with Crippen LogP contribution in [-0.2, 0) is 4.74 Å². The molecule has 0 aliphatic carbocycles. The highest BCUT2D eigenvalue weighted by Gasteiger charge is 2.14. The number of hydrogen-bond donors (Lipinski definition) is 1. The van der Waals surface area contributed by atoms with Crippen LogP contribution in [0.4, 0.5) is 10.6 Å². The summed E-state index contributed by atoms with van der Waals surface area (Å²) in [4.78, 5) is 20.0. The number of hydrogen-bond acceptors (Lipinski definition) is 7. The van der Waals surface area contributed by atoms with Crippen LogP contribution >= 0.6 is 0 Å². The third-order valence-corrected chi connectivity index (χ3v) is 4.04. The number of aryl methyl sites for hydroxylation is 2. The number of nitrogens with one attached hydrogen (secondary N) is 1. The molecule has 4 aromatic rings. The van der Waals surface area contributed by atoms with Crippen molar-refractivity contribution in [2.45, 2.75) is 13.8 Å². The van der Waals surface area contributed by atoms with Crippen LogP contribution in [0.15, 0.2) is 41.2 Å². The Balaban J connectivity index is 1.76. The van der Waals surface area contributed by atoms with Crippen molar-refractivity contribution in [1.82, 2.24) is 24.6 Å². The second kappa shape index (κ2) is 6.52. The van der Waals surface area contributed by atoms with Gasteiger partial charge in [0.1, 0.15) is 11.5 Å². The summed E-state index contributed by atoms with van der Waals surface area (Å²) < 4.78 is 12.1. The Kier molecular flexibility index (Phi) is 4.03. The van der Waals surface area contributed by atoms with E-state index < -0.39 is 6.09 Å². The molecule has 0 saturated carbocycles. The number of fused-ring (bicyclic) bond motifs is 1. The molecule has 0 radical (unpaired) electrons. The van der Waals surface area contributed by atoms with E-state index in [2.05, 4.69) is 30.2 Å². The van der Waals surface area contributed by atoms with E-state index in [9.17, 15) is 4.79 Å². The molecular formula is C18H16N6O3. The maximum absolute atomic E-state index is 11.3. The molecule has 0 spiro atoms. The molecule has 0 atom stereocenters. The third kappa shape index (κ3) is 3.10. The third-order valence-electron chi connectivity index (χ3n) is 4.04. The number of imidazole rings is 1. The fraction of sp³-hybridized carbons (Fsp3) is 0.167. The molecule has 4 heterocycles. The van der Waals surface area contributed by atoms with E-state index in [1.165, 1.54) is 7.11 Å². The van der Waals surface area contributed by atoms with Crippen LogP contribution in [0, 0.1) is 13.8 Å². The average Bonchev–Trinajstić information content (AvgIpc) is 3.29. The first kappa shape index (κ1) is 16.7. The van der Waals surface area contributed by atoms with Gasteiger partial charge in [-0.15, -0.1) is 10.2 Å². The molecule has 0 bridgehead atoms. The lowest BCUT2D eigenvalue weighted by molar-refractivity contribution is 0.187. The number of amides is 1. The summed E-state index contributed by atoms with van der Waals surface area (Å²) in [6.07, 6.45) is 4.77. The van der Waals surface area contributed by atoms with Crippen molar-refractivity contribution >= 4 is 17.6 Å². The predicted molar refractivity (Wildman–Crippen MR) is 97.2 cm³/mol. The minimum Gasteiger partial charge on any atom is -0.453 e. The van der Waals surface area contributed by atoms with Crippen molar-refractivity contribution in [1.29, 1.82) is 0 Å². The van der Waals surface area contributed by atoms with E-state index in [4.69, 9.17) is 4.42 Å². The Morgan fingerprint density at radius 1 is 1.15 bits per heavy atom. The number of nitrogens with zero attached hydrogens (tertiary/aromatic N) is 5. The van der Waals surface area contributed by atoms with Gasteiger partial charge in [-0.3, -0.25) is 9.72 Å². The van der Waals surface area contributed by atoms with Crippen LogP contribution in [0.1, 0.15) is 11.5 Å². The molecule has 4 rings (SSSR count). The number of methoxy groups -OCH3 is 1. The Hall–Kier alpha value is -3.75. The van der Waals surface area contributed by atoms with Gasteiger partial charge in [-0.1, -0.05) is 0 Å². The first-order valence-electron chi connectivity index (χ1n) is 8.15. The Morgan fingerprint density at radius 2 is 2.00 bits per heavy atom. The van der Waals surface area contributed by atoms with Gasteiger partial charge in [0.05, 0.1) is 24.6 Å². The molecule has 1 N–H and O–H groups in total. The number of anilines is 1. The average molecular weight is 364 g/mol. The summed E-state index contributed by atoms with van der Waals surface area (Å²) >= 11 is 0. The van der Waals surface area contributed by atoms with Gasteiger partial charge in [0, 0.05) is 24.9 Å². The minimum absolute atomic E-state index is 0.401. The van der Waals surface area contributed by atoms with E-state index in [1.54, 1.807) is 25.4 Å². The fourth-order valence-electron chi connectivity index (χ4n) is 2.78. The molecule has 136 valence electrons. The summed E-state index contributed by atoms with van der Waals surface area (Å²) in [6, 6.07) is 5.50. The highest BCUT2D eigenvalue weighted by molar-refractivity contribution is 5.83. The van der Waals surface area contributed by atoms with Crippen LogP contribution in [0.5, 0.6) is 0 Å². The monoisotopic (exact) mass is 364 g/mol. The SMILES string of the molecule is COC(=O)Nc1ccc(-c2cnc3c(C)cc(-c4nnc(C)o4)cn23)cn1. The molecule has 9 heteroatoms. The Morgan fingerprint density at radius 3 is 2.67 bits per heavy atom. The quantitative estimate of drug-likeness (QED) is 0.594. The van der Waals surface area contributed by atoms with Crippen LogP contribution in [-0.4, -0.2) is 37.8 Å². The lowest BCUT2D eigenvalue weighted by atomic mass is 10.2. The summed E-state index contributed by atoms with van der Waals surface area (Å²) in [5.41, 5.74) is 4.30. The number of pyridine rings is 2. The Bertz CT molecular complexity index is 1130. The molecular weight excluding hydrogens is 348 g/mol. The van der Waals surface area contributed by atoms with Crippen LogP contribution in [0.3, 0.4) is 0 Å². The highest BCUT2D eigenvalue weighted by Crippen LogP contribution is 2.27. The molecule has 0 saturated heterocycles. The van der Waals surface area contributed by atoms with Crippen LogP contribution in [0.2, 0.25) is 0 Å². The smallest absolute Gasteiger partial charge is 0.412 e. The van der Waals surface area contributed by atoms with Gasteiger partial charge in [-0.2, -0.15) is 0 Å². The molecule has 0 aliphatic heterocycles. The maximum atomic E-state index is 11.3. The van der Waals surface area contributed by atoms with E-state index >= 15 is 0 Å². The first-order chi connectivity index (χ1) is 13.0. The number of ether oxygens (including phenoxy) is 1. The zero-order valence-electron chi connectivity index (χ0n) is 14.9. The van der Waals surface area contributed by atoms with Gasteiger partial charge in [-0.25, -0.2) is 14.8 Å². The fourth-order valence-corrected chi connectivity index (χ4v) is 2.78. The molecule has 0 unspecified atom stereocenters. The van der Waals surface area contributed by atoms with Gasteiger partial charge in [-0.05, 0) is 30.7 Å². The minimum atomic E-state index is -0.569.